The van der Waals surface area contributed by atoms with E-state index in [0.29, 0.717) is 12.4 Å². The predicted octanol–water partition coefficient (Wildman–Crippen LogP) is -0.00786. The Morgan fingerprint density at radius 3 is 2.41 bits per heavy atom. The Kier molecular flexibility index (Phi) is 5.54. The summed E-state index contributed by atoms with van der Waals surface area (Å²) in [6.07, 6.45) is 1.82. The van der Waals surface area contributed by atoms with Crippen molar-refractivity contribution in [3.8, 4) is 5.82 Å². The largest absolute Gasteiger partial charge is 0.299 e. The molecule has 154 valence electrons. The molecule has 10 heteroatoms. The first kappa shape index (κ1) is 19.5. The van der Waals surface area contributed by atoms with Crippen molar-refractivity contribution >= 4 is 0 Å². The zero-order valence-electron chi connectivity index (χ0n) is 17.2. The quantitative estimate of drug-likeness (QED) is 0.578. The second-order valence-corrected chi connectivity index (χ2v) is 7.56. The van der Waals surface area contributed by atoms with Crippen LogP contribution in [0.5, 0.6) is 0 Å². The lowest BCUT2D eigenvalue weighted by molar-refractivity contribution is 0.120. The summed E-state index contributed by atoms with van der Waals surface area (Å²) in [6, 6.07) is 5.29. The minimum Gasteiger partial charge on any atom is -0.299 e. The predicted molar refractivity (Wildman–Crippen MR) is 108 cm³/mol. The van der Waals surface area contributed by atoms with Gasteiger partial charge in [0.1, 0.15) is 0 Å². The number of hydrogen-bond acceptors (Lipinski definition) is 7. The van der Waals surface area contributed by atoms with Crippen LogP contribution < -0.4 is 5.56 Å². The minimum absolute atomic E-state index is 0.0855. The van der Waals surface area contributed by atoms with Crippen molar-refractivity contribution in [3.05, 3.63) is 51.8 Å². The van der Waals surface area contributed by atoms with Crippen LogP contribution in [0.15, 0.2) is 29.2 Å². The van der Waals surface area contributed by atoms with Gasteiger partial charge in [0.05, 0.1) is 24.1 Å². The van der Waals surface area contributed by atoms with Crippen molar-refractivity contribution in [2.75, 3.05) is 32.7 Å². The van der Waals surface area contributed by atoms with Gasteiger partial charge in [0.2, 0.25) is 0 Å². The lowest BCUT2D eigenvalue weighted by Crippen LogP contribution is -2.47. The minimum atomic E-state index is -0.0855. The summed E-state index contributed by atoms with van der Waals surface area (Å²) in [7, 11) is 1.92. The maximum absolute atomic E-state index is 12.3. The van der Waals surface area contributed by atoms with Crippen LogP contribution in [0.2, 0.25) is 0 Å². The lowest BCUT2D eigenvalue weighted by Gasteiger charge is -2.34. The van der Waals surface area contributed by atoms with Crippen LogP contribution in [0, 0.1) is 13.8 Å². The zero-order chi connectivity index (χ0) is 20.4. The van der Waals surface area contributed by atoms with Crippen LogP contribution in [0.4, 0.5) is 0 Å². The van der Waals surface area contributed by atoms with E-state index in [1.165, 1.54) is 0 Å². The van der Waals surface area contributed by atoms with Crippen LogP contribution in [-0.4, -0.2) is 77.1 Å². The number of hydrogen-bond donors (Lipinski definition) is 0. The molecule has 0 atom stereocenters. The van der Waals surface area contributed by atoms with Gasteiger partial charge < -0.3 is 0 Å². The van der Waals surface area contributed by atoms with Crippen molar-refractivity contribution in [2.24, 2.45) is 7.05 Å². The Bertz CT molecular complexity index is 1030. The van der Waals surface area contributed by atoms with Crippen LogP contribution >= 0.6 is 0 Å². The first-order valence-corrected chi connectivity index (χ1v) is 9.90. The van der Waals surface area contributed by atoms with Gasteiger partial charge in [-0.15, -0.1) is 10.2 Å². The summed E-state index contributed by atoms with van der Waals surface area (Å²) in [4.78, 5) is 17.0. The van der Waals surface area contributed by atoms with E-state index in [1.807, 2.05) is 37.8 Å². The van der Waals surface area contributed by atoms with Gasteiger partial charge in [0, 0.05) is 58.1 Å². The molecule has 0 spiro atoms. The Morgan fingerprint density at radius 1 is 1.00 bits per heavy atom. The second-order valence-electron chi connectivity index (χ2n) is 7.56. The molecular weight excluding hydrogens is 370 g/mol. The van der Waals surface area contributed by atoms with Gasteiger partial charge in [0.15, 0.2) is 5.82 Å². The maximum Gasteiger partial charge on any atom is 0.266 e. The van der Waals surface area contributed by atoms with Gasteiger partial charge >= 0.3 is 0 Å². The van der Waals surface area contributed by atoms with Crippen LogP contribution in [-0.2, 0) is 20.1 Å². The standard InChI is InChI=1S/C19H27N9O/c1-15-12-16(2)28(21-15)18-4-5-19(29)27(22-18)11-10-25-6-8-26(9-7-25)14-17-13-20-23-24(17)3/h4-5,12-13H,6-11,14H2,1-3H3. The van der Waals surface area contributed by atoms with E-state index < -0.39 is 0 Å². The molecule has 0 aliphatic carbocycles. The Hall–Kier alpha value is -2.85. The van der Waals surface area contributed by atoms with E-state index in [0.717, 1.165) is 56.4 Å². The molecule has 10 nitrogen and oxygen atoms in total. The van der Waals surface area contributed by atoms with Crippen molar-refractivity contribution in [1.29, 1.82) is 0 Å². The van der Waals surface area contributed by atoms with Crippen LogP contribution in [0.25, 0.3) is 5.82 Å². The highest BCUT2D eigenvalue weighted by Crippen LogP contribution is 2.09. The monoisotopic (exact) mass is 397 g/mol. The fraction of sp³-hybridized carbons (Fsp3) is 0.526. The molecule has 0 unspecified atom stereocenters. The lowest BCUT2D eigenvalue weighted by atomic mass is 10.3. The van der Waals surface area contributed by atoms with Gasteiger partial charge in [-0.1, -0.05) is 5.21 Å². The third-order valence-corrected chi connectivity index (χ3v) is 5.37. The zero-order valence-corrected chi connectivity index (χ0v) is 17.2. The summed E-state index contributed by atoms with van der Waals surface area (Å²) in [5.41, 5.74) is 2.97. The summed E-state index contributed by atoms with van der Waals surface area (Å²) < 4.78 is 5.14. The number of rotatable bonds is 6. The van der Waals surface area contributed by atoms with Gasteiger partial charge in [-0.2, -0.15) is 5.10 Å². The molecule has 3 aromatic rings. The van der Waals surface area contributed by atoms with E-state index >= 15 is 0 Å². The molecule has 0 radical (unpaired) electrons. The molecule has 1 saturated heterocycles. The van der Waals surface area contributed by atoms with E-state index in [2.05, 4.69) is 30.3 Å². The van der Waals surface area contributed by atoms with Crippen LogP contribution in [0.1, 0.15) is 17.1 Å². The van der Waals surface area contributed by atoms with Crippen molar-refractivity contribution in [2.45, 2.75) is 26.9 Å². The highest BCUT2D eigenvalue weighted by Gasteiger charge is 2.18. The number of aryl methyl sites for hydroxylation is 3. The van der Waals surface area contributed by atoms with Crippen molar-refractivity contribution in [3.63, 3.8) is 0 Å². The van der Waals surface area contributed by atoms with Crippen molar-refractivity contribution < 1.29 is 0 Å². The molecule has 1 fully saturated rings. The molecule has 4 heterocycles. The topological polar surface area (TPSA) is 89.9 Å². The van der Waals surface area contributed by atoms with E-state index in [1.54, 1.807) is 21.5 Å². The first-order chi connectivity index (χ1) is 14.0. The fourth-order valence-electron chi connectivity index (χ4n) is 3.66. The number of aromatic nitrogens is 7. The molecular formula is C19H27N9O. The van der Waals surface area contributed by atoms with E-state index in [4.69, 9.17) is 0 Å². The Labute approximate surface area is 169 Å². The van der Waals surface area contributed by atoms with Crippen molar-refractivity contribution in [1.82, 2.24) is 44.4 Å². The Balaban J connectivity index is 1.34. The SMILES string of the molecule is Cc1cc(C)n(-c2ccc(=O)n(CCN3CCN(Cc4cnnn4C)CC3)n2)n1. The normalized spacial score (nSPS) is 15.8. The molecule has 0 N–H and O–H groups in total. The van der Waals surface area contributed by atoms with Gasteiger partial charge in [-0.25, -0.2) is 9.36 Å². The third-order valence-electron chi connectivity index (χ3n) is 5.37. The fourth-order valence-corrected chi connectivity index (χ4v) is 3.66. The number of piperazine rings is 1. The summed E-state index contributed by atoms with van der Waals surface area (Å²) in [5.74, 6) is 0.671. The maximum atomic E-state index is 12.3. The molecule has 1 aliphatic rings. The van der Waals surface area contributed by atoms with E-state index in [-0.39, 0.29) is 5.56 Å². The van der Waals surface area contributed by atoms with Gasteiger partial charge in [-0.3, -0.25) is 19.3 Å². The number of nitrogens with zero attached hydrogens (tertiary/aromatic N) is 9. The molecule has 29 heavy (non-hydrogen) atoms. The smallest absolute Gasteiger partial charge is 0.266 e. The molecule has 4 rings (SSSR count). The Morgan fingerprint density at radius 2 is 1.76 bits per heavy atom. The molecule has 0 saturated carbocycles. The molecule has 0 aromatic carbocycles. The highest BCUT2D eigenvalue weighted by atomic mass is 16.1. The van der Waals surface area contributed by atoms with Gasteiger partial charge in [0.25, 0.3) is 5.56 Å². The molecule has 1 aliphatic heterocycles. The highest BCUT2D eigenvalue weighted by molar-refractivity contribution is 5.23. The van der Waals surface area contributed by atoms with Gasteiger partial charge in [-0.05, 0) is 26.0 Å². The van der Waals surface area contributed by atoms with E-state index in [9.17, 15) is 4.79 Å². The summed E-state index contributed by atoms with van der Waals surface area (Å²) >= 11 is 0. The average molecular weight is 397 g/mol. The third kappa shape index (κ3) is 4.43. The average Bonchev–Trinajstić information content (AvgIpc) is 3.26. The summed E-state index contributed by atoms with van der Waals surface area (Å²) in [5, 5.41) is 16.9. The van der Waals surface area contributed by atoms with Crippen LogP contribution in [0.3, 0.4) is 0 Å². The summed E-state index contributed by atoms with van der Waals surface area (Å²) in [6.45, 7) is 10.1. The first-order valence-electron chi connectivity index (χ1n) is 9.90. The molecule has 0 bridgehead atoms. The second kappa shape index (κ2) is 8.26. The molecule has 3 aromatic heterocycles. The molecule has 0 amide bonds.